The van der Waals surface area contributed by atoms with E-state index in [1.807, 2.05) is 0 Å². The maximum Gasteiger partial charge on any atom is 0.244 e. The molecule has 4 heteroatoms. The minimum atomic E-state index is -0.303. The molecule has 0 atom stereocenters. The highest BCUT2D eigenvalue weighted by molar-refractivity contribution is 5.91. The molecule has 1 aliphatic rings. The third-order valence-corrected chi connectivity index (χ3v) is 4.21. The summed E-state index contributed by atoms with van der Waals surface area (Å²) in [6.45, 7) is 3.39. The maximum absolute atomic E-state index is 13.1. The standard InChI is InChI=1S/C20H21FN2O/c21-19-7-3-4-16(14-19)8-9-20(24)22-11-13-23-12-10-17-5-1-2-6-18(17)15-23/h1-9,14H,10-13,15H2,(H,22,24)/b9-8+. The fraction of sp³-hybridized carbons (Fsp3) is 0.250. The zero-order valence-electron chi connectivity index (χ0n) is 13.5. The summed E-state index contributed by atoms with van der Waals surface area (Å²) in [5.41, 5.74) is 3.48. The first-order chi connectivity index (χ1) is 11.7. The van der Waals surface area contributed by atoms with Gasteiger partial charge in [0, 0.05) is 32.3 Å². The van der Waals surface area contributed by atoms with E-state index in [2.05, 4.69) is 34.5 Å². The van der Waals surface area contributed by atoms with E-state index in [1.54, 1.807) is 18.2 Å². The number of hydrogen-bond acceptors (Lipinski definition) is 2. The highest BCUT2D eigenvalue weighted by Gasteiger charge is 2.14. The van der Waals surface area contributed by atoms with Crippen LogP contribution < -0.4 is 5.32 Å². The number of fused-ring (bicyclic) bond motifs is 1. The third kappa shape index (κ3) is 4.52. The van der Waals surface area contributed by atoms with Crippen molar-refractivity contribution in [2.75, 3.05) is 19.6 Å². The van der Waals surface area contributed by atoms with Gasteiger partial charge in [0.2, 0.25) is 5.91 Å². The van der Waals surface area contributed by atoms with Crippen molar-refractivity contribution in [1.82, 2.24) is 10.2 Å². The maximum atomic E-state index is 13.1. The van der Waals surface area contributed by atoms with E-state index < -0.39 is 0 Å². The number of benzene rings is 2. The second-order valence-corrected chi connectivity index (χ2v) is 5.97. The number of nitrogens with zero attached hydrogens (tertiary/aromatic N) is 1. The van der Waals surface area contributed by atoms with Crippen molar-refractivity contribution in [2.24, 2.45) is 0 Å². The molecule has 1 heterocycles. The summed E-state index contributed by atoms with van der Waals surface area (Å²) in [5.74, 6) is -0.459. The number of hydrogen-bond donors (Lipinski definition) is 1. The van der Waals surface area contributed by atoms with Crippen molar-refractivity contribution in [3.8, 4) is 0 Å². The lowest BCUT2D eigenvalue weighted by atomic mass is 10.00. The first-order valence-corrected chi connectivity index (χ1v) is 8.21. The SMILES string of the molecule is O=C(/C=C/c1cccc(F)c1)NCCN1CCc2ccccc2C1. The van der Waals surface area contributed by atoms with Crippen LogP contribution in [0.2, 0.25) is 0 Å². The van der Waals surface area contributed by atoms with Crippen LogP contribution in [-0.2, 0) is 17.8 Å². The molecule has 1 amide bonds. The fourth-order valence-corrected chi connectivity index (χ4v) is 2.92. The molecule has 0 fully saturated rings. The summed E-state index contributed by atoms with van der Waals surface area (Å²) in [6.07, 6.45) is 4.12. The molecular formula is C20H21FN2O. The highest BCUT2D eigenvalue weighted by Crippen LogP contribution is 2.17. The summed E-state index contributed by atoms with van der Waals surface area (Å²) in [7, 11) is 0. The fourth-order valence-electron chi connectivity index (χ4n) is 2.92. The normalized spacial score (nSPS) is 14.5. The van der Waals surface area contributed by atoms with Crippen molar-refractivity contribution in [2.45, 2.75) is 13.0 Å². The summed E-state index contributed by atoms with van der Waals surface area (Å²) >= 11 is 0. The second-order valence-electron chi connectivity index (χ2n) is 5.97. The second kappa shape index (κ2) is 7.88. The molecule has 0 saturated heterocycles. The summed E-state index contributed by atoms with van der Waals surface area (Å²) in [4.78, 5) is 14.2. The van der Waals surface area contributed by atoms with Crippen LogP contribution >= 0.6 is 0 Å². The Morgan fingerprint density at radius 1 is 1.17 bits per heavy atom. The Bertz CT molecular complexity index is 742. The van der Waals surface area contributed by atoms with Crippen molar-refractivity contribution in [1.29, 1.82) is 0 Å². The van der Waals surface area contributed by atoms with Crippen LogP contribution in [0.1, 0.15) is 16.7 Å². The van der Waals surface area contributed by atoms with Crippen molar-refractivity contribution >= 4 is 12.0 Å². The number of nitrogens with one attached hydrogen (secondary N) is 1. The predicted molar refractivity (Wildman–Crippen MR) is 93.9 cm³/mol. The Balaban J connectivity index is 1.43. The van der Waals surface area contributed by atoms with Crippen LogP contribution in [0, 0.1) is 5.82 Å². The molecule has 124 valence electrons. The number of rotatable bonds is 5. The lowest BCUT2D eigenvalue weighted by Crippen LogP contribution is -2.37. The molecule has 0 radical (unpaired) electrons. The Morgan fingerprint density at radius 2 is 2.00 bits per heavy atom. The van der Waals surface area contributed by atoms with Crippen LogP contribution in [0.4, 0.5) is 4.39 Å². The molecule has 1 aliphatic heterocycles. The van der Waals surface area contributed by atoms with E-state index in [1.165, 1.54) is 29.3 Å². The largest absolute Gasteiger partial charge is 0.351 e. The van der Waals surface area contributed by atoms with E-state index in [0.717, 1.165) is 26.1 Å². The van der Waals surface area contributed by atoms with Gasteiger partial charge in [0.1, 0.15) is 5.82 Å². The third-order valence-electron chi connectivity index (χ3n) is 4.21. The van der Waals surface area contributed by atoms with Crippen LogP contribution in [0.5, 0.6) is 0 Å². The van der Waals surface area contributed by atoms with E-state index in [4.69, 9.17) is 0 Å². The number of amides is 1. The van der Waals surface area contributed by atoms with Gasteiger partial charge in [-0.3, -0.25) is 9.69 Å². The Morgan fingerprint density at radius 3 is 2.83 bits per heavy atom. The molecule has 0 aliphatic carbocycles. The molecule has 3 rings (SSSR count). The molecule has 3 nitrogen and oxygen atoms in total. The van der Waals surface area contributed by atoms with Crippen LogP contribution in [0.15, 0.2) is 54.6 Å². The minimum Gasteiger partial charge on any atom is -0.351 e. The molecule has 0 spiro atoms. The molecule has 0 bridgehead atoms. The van der Waals surface area contributed by atoms with Gasteiger partial charge in [-0.15, -0.1) is 0 Å². The van der Waals surface area contributed by atoms with Crippen LogP contribution in [0.25, 0.3) is 6.08 Å². The first-order valence-electron chi connectivity index (χ1n) is 8.21. The van der Waals surface area contributed by atoms with Gasteiger partial charge in [-0.05, 0) is 41.3 Å². The number of carbonyl (C=O) groups excluding carboxylic acids is 1. The van der Waals surface area contributed by atoms with E-state index in [9.17, 15) is 9.18 Å². The molecule has 0 aromatic heterocycles. The quantitative estimate of drug-likeness (QED) is 0.858. The molecular weight excluding hydrogens is 303 g/mol. The van der Waals surface area contributed by atoms with Gasteiger partial charge in [-0.25, -0.2) is 4.39 Å². The van der Waals surface area contributed by atoms with E-state index >= 15 is 0 Å². The summed E-state index contributed by atoms with van der Waals surface area (Å²) < 4.78 is 13.1. The zero-order chi connectivity index (χ0) is 16.8. The minimum absolute atomic E-state index is 0.156. The number of carbonyl (C=O) groups is 1. The average Bonchev–Trinajstić information content (AvgIpc) is 2.60. The Kier molecular flexibility index (Phi) is 5.39. The van der Waals surface area contributed by atoms with Crippen LogP contribution in [-0.4, -0.2) is 30.4 Å². The van der Waals surface area contributed by atoms with Gasteiger partial charge in [-0.2, -0.15) is 0 Å². The highest BCUT2D eigenvalue weighted by atomic mass is 19.1. The molecule has 2 aromatic rings. The van der Waals surface area contributed by atoms with Crippen molar-refractivity contribution in [3.63, 3.8) is 0 Å². The molecule has 0 unspecified atom stereocenters. The van der Waals surface area contributed by atoms with Gasteiger partial charge in [0.25, 0.3) is 0 Å². The summed E-state index contributed by atoms with van der Waals surface area (Å²) in [6, 6.07) is 14.7. The van der Waals surface area contributed by atoms with Gasteiger partial charge in [0.05, 0.1) is 0 Å². The zero-order valence-corrected chi connectivity index (χ0v) is 13.5. The van der Waals surface area contributed by atoms with Gasteiger partial charge in [-0.1, -0.05) is 36.4 Å². The number of halogens is 1. The van der Waals surface area contributed by atoms with E-state index in [-0.39, 0.29) is 11.7 Å². The molecule has 24 heavy (non-hydrogen) atoms. The lowest BCUT2D eigenvalue weighted by Gasteiger charge is -2.28. The topological polar surface area (TPSA) is 32.3 Å². The van der Waals surface area contributed by atoms with Crippen molar-refractivity contribution < 1.29 is 9.18 Å². The molecule has 0 saturated carbocycles. The van der Waals surface area contributed by atoms with Crippen molar-refractivity contribution in [3.05, 3.63) is 77.1 Å². The van der Waals surface area contributed by atoms with E-state index in [0.29, 0.717) is 12.1 Å². The predicted octanol–water partition coefficient (Wildman–Crippen LogP) is 3.01. The monoisotopic (exact) mass is 324 g/mol. The Hall–Kier alpha value is -2.46. The van der Waals surface area contributed by atoms with Gasteiger partial charge >= 0.3 is 0 Å². The average molecular weight is 324 g/mol. The smallest absolute Gasteiger partial charge is 0.244 e. The van der Waals surface area contributed by atoms with Gasteiger partial charge in [0.15, 0.2) is 0 Å². The Labute approximate surface area is 141 Å². The van der Waals surface area contributed by atoms with Crippen LogP contribution in [0.3, 0.4) is 0 Å². The summed E-state index contributed by atoms with van der Waals surface area (Å²) in [5, 5.41) is 2.88. The lowest BCUT2D eigenvalue weighted by molar-refractivity contribution is -0.116. The molecule has 2 aromatic carbocycles. The van der Waals surface area contributed by atoms with Gasteiger partial charge < -0.3 is 5.32 Å². The molecule has 1 N–H and O–H groups in total. The first kappa shape index (κ1) is 16.4.